The Morgan fingerprint density at radius 1 is 1.36 bits per heavy atom. The number of nitrogens with zero attached hydrogens (tertiary/aromatic N) is 1. The van der Waals surface area contributed by atoms with Gasteiger partial charge in [-0.2, -0.15) is 0 Å². The molecule has 14 heavy (non-hydrogen) atoms. The second-order valence-electron chi connectivity index (χ2n) is 3.64. The van der Waals surface area contributed by atoms with Crippen molar-refractivity contribution in [2.24, 2.45) is 11.8 Å². The first-order valence-corrected chi connectivity index (χ1v) is 4.93. The third-order valence-electron chi connectivity index (χ3n) is 2.83. The van der Waals surface area contributed by atoms with Crippen LogP contribution in [0.3, 0.4) is 0 Å². The van der Waals surface area contributed by atoms with Crippen LogP contribution in [-0.2, 0) is 9.59 Å². The average molecular weight is 191 g/mol. The summed E-state index contributed by atoms with van der Waals surface area (Å²) >= 11 is 0. The van der Waals surface area contributed by atoms with Crippen LogP contribution in [0.2, 0.25) is 0 Å². The van der Waals surface area contributed by atoms with Gasteiger partial charge in [0.2, 0.25) is 11.8 Å². The molecule has 2 aliphatic rings. The van der Waals surface area contributed by atoms with Crippen molar-refractivity contribution in [3.63, 3.8) is 0 Å². The van der Waals surface area contributed by atoms with Crippen molar-refractivity contribution in [1.29, 1.82) is 0 Å². The fraction of sp³-hybridized carbons (Fsp3) is 0.455. The van der Waals surface area contributed by atoms with E-state index in [-0.39, 0.29) is 23.7 Å². The number of carbonyl (C=O) groups is 2. The predicted molar refractivity (Wildman–Crippen MR) is 52.3 cm³/mol. The normalized spacial score (nSPS) is 30.8. The molecule has 0 aromatic rings. The maximum atomic E-state index is 11.8. The zero-order chi connectivity index (χ0) is 10.1. The maximum Gasteiger partial charge on any atom is 0.236 e. The van der Waals surface area contributed by atoms with E-state index in [1.165, 1.54) is 4.90 Å². The van der Waals surface area contributed by atoms with E-state index in [2.05, 4.69) is 0 Å². The van der Waals surface area contributed by atoms with Crippen LogP contribution in [0.4, 0.5) is 0 Å². The number of allylic oxidation sites excluding steroid dienone is 3. The average Bonchev–Trinajstić information content (AvgIpc) is 2.18. The van der Waals surface area contributed by atoms with Crippen LogP contribution in [0.25, 0.3) is 0 Å². The Morgan fingerprint density at radius 2 is 2.07 bits per heavy atom. The molecule has 1 fully saturated rings. The van der Waals surface area contributed by atoms with E-state index in [1.807, 2.05) is 31.2 Å². The van der Waals surface area contributed by atoms with E-state index < -0.39 is 0 Å². The highest BCUT2D eigenvalue weighted by Gasteiger charge is 2.38. The Kier molecular flexibility index (Phi) is 2.23. The molecule has 0 spiro atoms. The fourth-order valence-electron chi connectivity index (χ4n) is 2.06. The first-order chi connectivity index (χ1) is 6.74. The monoisotopic (exact) mass is 191 g/mol. The van der Waals surface area contributed by atoms with E-state index >= 15 is 0 Å². The first kappa shape index (κ1) is 9.19. The number of carbonyl (C=O) groups excluding carboxylic acids is 2. The topological polar surface area (TPSA) is 37.4 Å². The van der Waals surface area contributed by atoms with E-state index in [0.29, 0.717) is 13.0 Å². The van der Waals surface area contributed by atoms with Gasteiger partial charge in [-0.25, -0.2) is 0 Å². The third-order valence-corrected chi connectivity index (χ3v) is 2.83. The molecule has 3 heteroatoms. The number of likely N-dealkylation sites (tertiary alicyclic amines) is 1. The second-order valence-corrected chi connectivity index (χ2v) is 3.64. The van der Waals surface area contributed by atoms with Gasteiger partial charge in [0.15, 0.2) is 0 Å². The Balaban J connectivity index is 2.26. The summed E-state index contributed by atoms with van der Waals surface area (Å²) in [6, 6.07) is 0. The molecule has 2 atom stereocenters. The van der Waals surface area contributed by atoms with E-state index in [0.717, 1.165) is 0 Å². The minimum Gasteiger partial charge on any atom is -0.282 e. The van der Waals surface area contributed by atoms with Crippen LogP contribution >= 0.6 is 0 Å². The van der Waals surface area contributed by atoms with E-state index in [1.54, 1.807) is 0 Å². The summed E-state index contributed by atoms with van der Waals surface area (Å²) < 4.78 is 0. The molecule has 2 unspecified atom stereocenters. The Bertz CT molecular complexity index is 330. The smallest absolute Gasteiger partial charge is 0.236 e. The van der Waals surface area contributed by atoms with Gasteiger partial charge < -0.3 is 0 Å². The Hall–Kier alpha value is -1.38. The fourth-order valence-corrected chi connectivity index (χ4v) is 2.06. The molecule has 2 amide bonds. The highest BCUT2D eigenvalue weighted by Crippen LogP contribution is 2.30. The molecule has 0 saturated carbocycles. The van der Waals surface area contributed by atoms with Crippen molar-refractivity contribution in [3.8, 4) is 0 Å². The van der Waals surface area contributed by atoms with Crippen LogP contribution in [0.15, 0.2) is 24.3 Å². The van der Waals surface area contributed by atoms with Gasteiger partial charge in [0.05, 0.1) is 5.92 Å². The molecule has 74 valence electrons. The number of hydrogen-bond donors (Lipinski definition) is 0. The van der Waals surface area contributed by atoms with Crippen molar-refractivity contribution in [3.05, 3.63) is 24.3 Å². The molecule has 2 rings (SSSR count). The summed E-state index contributed by atoms with van der Waals surface area (Å²) in [5.74, 6) is -0.117. The number of fused-ring (bicyclic) bond motifs is 1. The number of amides is 2. The molecule has 0 radical (unpaired) electrons. The molecule has 1 saturated heterocycles. The summed E-state index contributed by atoms with van der Waals surface area (Å²) in [4.78, 5) is 24.7. The van der Waals surface area contributed by atoms with Gasteiger partial charge in [-0.1, -0.05) is 24.3 Å². The van der Waals surface area contributed by atoms with Gasteiger partial charge in [0.25, 0.3) is 0 Å². The van der Waals surface area contributed by atoms with Crippen molar-refractivity contribution in [2.45, 2.75) is 13.3 Å². The van der Waals surface area contributed by atoms with Crippen molar-refractivity contribution >= 4 is 11.8 Å². The minimum absolute atomic E-state index is 0.0429. The summed E-state index contributed by atoms with van der Waals surface area (Å²) in [5, 5.41) is 0. The lowest BCUT2D eigenvalue weighted by atomic mass is 9.81. The predicted octanol–water partition coefficient (Wildman–Crippen LogP) is 1.12. The third kappa shape index (κ3) is 1.29. The largest absolute Gasteiger partial charge is 0.282 e. The number of rotatable bonds is 1. The lowest BCUT2D eigenvalue weighted by molar-refractivity contribution is -0.151. The number of imide groups is 1. The molecule has 1 aliphatic carbocycles. The number of piperidine rings is 1. The van der Waals surface area contributed by atoms with Crippen LogP contribution in [0.1, 0.15) is 13.3 Å². The maximum absolute atomic E-state index is 11.8. The van der Waals surface area contributed by atoms with Gasteiger partial charge in [0, 0.05) is 18.9 Å². The summed E-state index contributed by atoms with van der Waals surface area (Å²) in [5.41, 5.74) is 0. The van der Waals surface area contributed by atoms with Gasteiger partial charge in [-0.05, 0) is 6.92 Å². The molecule has 1 aliphatic heterocycles. The molecular weight excluding hydrogens is 178 g/mol. The number of hydrogen-bond acceptors (Lipinski definition) is 2. The lowest BCUT2D eigenvalue weighted by Gasteiger charge is -2.34. The van der Waals surface area contributed by atoms with Gasteiger partial charge in [-0.3, -0.25) is 14.5 Å². The lowest BCUT2D eigenvalue weighted by Crippen LogP contribution is -2.48. The molecular formula is C11H13NO2. The molecule has 0 aromatic carbocycles. The molecule has 1 heterocycles. The molecule has 3 nitrogen and oxygen atoms in total. The quantitative estimate of drug-likeness (QED) is 0.582. The van der Waals surface area contributed by atoms with Crippen LogP contribution in [0, 0.1) is 11.8 Å². The van der Waals surface area contributed by atoms with Gasteiger partial charge in [0.1, 0.15) is 0 Å². The highest BCUT2D eigenvalue weighted by atomic mass is 16.2. The highest BCUT2D eigenvalue weighted by molar-refractivity contribution is 6.00. The first-order valence-electron chi connectivity index (χ1n) is 4.93. The van der Waals surface area contributed by atoms with Crippen LogP contribution < -0.4 is 0 Å². The second kappa shape index (κ2) is 3.40. The summed E-state index contributed by atoms with van der Waals surface area (Å²) in [7, 11) is 0. The zero-order valence-electron chi connectivity index (χ0n) is 8.14. The van der Waals surface area contributed by atoms with Gasteiger partial charge >= 0.3 is 0 Å². The van der Waals surface area contributed by atoms with Crippen LogP contribution in [0.5, 0.6) is 0 Å². The zero-order valence-corrected chi connectivity index (χ0v) is 8.14. The Morgan fingerprint density at radius 3 is 2.79 bits per heavy atom. The van der Waals surface area contributed by atoms with Crippen molar-refractivity contribution in [2.75, 3.05) is 6.54 Å². The van der Waals surface area contributed by atoms with E-state index in [9.17, 15) is 9.59 Å². The van der Waals surface area contributed by atoms with E-state index in [4.69, 9.17) is 0 Å². The summed E-state index contributed by atoms with van der Waals surface area (Å²) in [6.07, 6.45) is 8.09. The van der Waals surface area contributed by atoms with Gasteiger partial charge in [-0.15, -0.1) is 0 Å². The molecule has 0 aromatic heterocycles. The summed E-state index contributed by atoms with van der Waals surface area (Å²) in [6.45, 7) is 2.32. The van der Waals surface area contributed by atoms with Crippen molar-refractivity contribution < 1.29 is 9.59 Å². The molecule has 0 bridgehead atoms. The van der Waals surface area contributed by atoms with Crippen molar-refractivity contribution in [1.82, 2.24) is 4.90 Å². The minimum atomic E-state index is -0.113. The SMILES string of the molecule is CCN1C(=O)CC2C=CC=CC2C1=O. The van der Waals surface area contributed by atoms with Crippen LogP contribution in [-0.4, -0.2) is 23.3 Å². The standard InChI is InChI=1S/C11H13NO2/c1-2-12-10(13)7-8-5-3-4-6-9(8)11(12)14/h3-6,8-9H,2,7H2,1H3. The molecule has 0 N–H and O–H groups in total. The Labute approximate surface area is 83.1 Å².